The van der Waals surface area contributed by atoms with Crippen LogP contribution in [0.1, 0.15) is 38.8 Å². The Hall–Kier alpha value is -0.870. The van der Waals surface area contributed by atoms with Gasteiger partial charge in [0.25, 0.3) is 0 Å². The second-order valence-electron chi connectivity index (χ2n) is 4.74. The van der Waals surface area contributed by atoms with E-state index < -0.39 is 0 Å². The summed E-state index contributed by atoms with van der Waals surface area (Å²) < 4.78 is 11.0. The first-order chi connectivity index (χ1) is 9.67. The summed E-state index contributed by atoms with van der Waals surface area (Å²) in [5.41, 5.74) is 1.12. The third-order valence-corrected chi connectivity index (χ3v) is 4.82. The zero-order valence-electron chi connectivity index (χ0n) is 13.2. The Morgan fingerprint density at radius 3 is 2.20 bits per heavy atom. The molecule has 2 atom stereocenters. The monoisotopic (exact) mass is 297 g/mol. The van der Waals surface area contributed by atoms with E-state index in [-0.39, 0.29) is 6.04 Å². The fraction of sp³-hybridized carbons (Fsp3) is 0.625. The molecule has 1 rings (SSSR count). The van der Waals surface area contributed by atoms with Crippen LogP contribution in [-0.2, 0) is 0 Å². The highest BCUT2D eigenvalue weighted by atomic mass is 32.2. The van der Waals surface area contributed by atoms with Crippen LogP contribution in [-0.4, -0.2) is 31.8 Å². The number of hydrogen-bond donors (Lipinski definition) is 1. The van der Waals surface area contributed by atoms with Crippen molar-refractivity contribution in [3.05, 3.63) is 23.8 Å². The first-order valence-electron chi connectivity index (χ1n) is 7.23. The van der Waals surface area contributed by atoms with Gasteiger partial charge < -0.3 is 14.8 Å². The van der Waals surface area contributed by atoms with Gasteiger partial charge in [0.05, 0.1) is 19.8 Å². The Morgan fingerprint density at radius 2 is 1.75 bits per heavy atom. The second kappa shape index (κ2) is 9.14. The molecule has 1 aromatic rings. The number of nitrogens with one attached hydrogen (secondary N) is 1. The number of hydrogen-bond acceptors (Lipinski definition) is 4. The quantitative estimate of drug-likeness (QED) is 0.749. The standard InChI is InChI=1S/C16H27NO2S/c1-6-12(3)20-11-13(17-7-2)16-14(18-4)9-8-10-15(16)19-5/h8-10,12-13,17H,6-7,11H2,1-5H3. The Bertz CT molecular complexity index is 376. The van der Waals surface area contributed by atoms with E-state index in [1.54, 1.807) is 14.2 Å². The van der Waals surface area contributed by atoms with Gasteiger partial charge in [-0.1, -0.05) is 26.8 Å². The lowest BCUT2D eigenvalue weighted by atomic mass is 10.1. The zero-order chi connectivity index (χ0) is 15.0. The summed E-state index contributed by atoms with van der Waals surface area (Å²) in [6.45, 7) is 7.55. The van der Waals surface area contributed by atoms with E-state index in [0.29, 0.717) is 5.25 Å². The molecule has 0 aliphatic heterocycles. The average molecular weight is 297 g/mol. The molecule has 0 heterocycles. The Balaban J connectivity index is 3.00. The smallest absolute Gasteiger partial charge is 0.127 e. The fourth-order valence-corrected chi connectivity index (χ4v) is 3.13. The van der Waals surface area contributed by atoms with Crippen molar-refractivity contribution in [2.45, 2.75) is 38.5 Å². The number of methoxy groups -OCH3 is 2. The normalized spacial score (nSPS) is 13.8. The van der Waals surface area contributed by atoms with Crippen LogP contribution in [0.5, 0.6) is 11.5 Å². The maximum atomic E-state index is 5.52. The molecule has 1 N–H and O–H groups in total. The van der Waals surface area contributed by atoms with Crippen molar-refractivity contribution >= 4 is 11.8 Å². The molecule has 0 saturated heterocycles. The van der Waals surface area contributed by atoms with Crippen molar-refractivity contribution in [2.75, 3.05) is 26.5 Å². The molecule has 1 aromatic carbocycles. The Labute approximate surface area is 127 Å². The predicted molar refractivity (Wildman–Crippen MR) is 88.2 cm³/mol. The van der Waals surface area contributed by atoms with Crippen molar-refractivity contribution in [2.24, 2.45) is 0 Å². The lowest BCUT2D eigenvalue weighted by Gasteiger charge is -2.23. The first-order valence-corrected chi connectivity index (χ1v) is 8.28. The summed E-state index contributed by atoms with van der Waals surface area (Å²) >= 11 is 1.98. The van der Waals surface area contributed by atoms with E-state index in [0.717, 1.165) is 29.4 Å². The first kappa shape index (κ1) is 17.2. The number of rotatable bonds is 9. The molecule has 0 bridgehead atoms. The highest BCUT2D eigenvalue weighted by Crippen LogP contribution is 2.36. The molecule has 0 amide bonds. The van der Waals surface area contributed by atoms with Crippen LogP contribution < -0.4 is 14.8 Å². The molecule has 0 aliphatic carbocycles. The van der Waals surface area contributed by atoms with Gasteiger partial charge in [-0.3, -0.25) is 0 Å². The maximum Gasteiger partial charge on any atom is 0.127 e. The van der Waals surface area contributed by atoms with Crippen LogP contribution in [0.3, 0.4) is 0 Å². The average Bonchev–Trinajstić information content (AvgIpc) is 2.50. The van der Waals surface area contributed by atoms with Crippen molar-refractivity contribution in [1.82, 2.24) is 5.32 Å². The van der Waals surface area contributed by atoms with Crippen LogP contribution in [0.2, 0.25) is 0 Å². The molecule has 20 heavy (non-hydrogen) atoms. The summed E-state index contributed by atoms with van der Waals surface area (Å²) in [6.07, 6.45) is 1.19. The van der Waals surface area contributed by atoms with Gasteiger partial charge in [-0.05, 0) is 25.1 Å². The molecule has 0 aromatic heterocycles. The van der Waals surface area contributed by atoms with Gasteiger partial charge in [0, 0.05) is 17.0 Å². The zero-order valence-corrected chi connectivity index (χ0v) is 14.0. The van der Waals surface area contributed by atoms with Gasteiger partial charge >= 0.3 is 0 Å². The summed E-state index contributed by atoms with van der Waals surface area (Å²) in [6, 6.07) is 6.20. The number of thioether (sulfide) groups is 1. The minimum Gasteiger partial charge on any atom is -0.496 e. The third kappa shape index (κ3) is 4.60. The summed E-state index contributed by atoms with van der Waals surface area (Å²) in [5.74, 6) is 2.79. The number of ether oxygens (including phenoxy) is 2. The lowest BCUT2D eigenvalue weighted by molar-refractivity contribution is 0.375. The van der Waals surface area contributed by atoms with Crippen LogP contribution in [0.4, 0.5) is 0 Å². The molecule has 0 saturated carbocycles. The molecule has 114 valence electrons. The number of benzene rings is 1. The lowest BCUT2D eigenvalue weighted by Crippen LogP contribution is -2.24. The van der Waals surface area contributed by atoms with Gasteiger partial charge in [-0.15, -0.1) is 0 Å². The van der Waals surface area contributed by atoms with Crippen molar-refractivity contribution < 1.29 is 9.47 Å². The molecule has 0 spiro atoms. The third-order valence-electron chi connectivity index (χ3n) is 3.39. The Morgan fingerprint density at radius 1 is 1.15 bits per heavy atom. The van der Waals surface area contributed by atoms with Crippen LogP contribution in [0.25, 0.3) is 0 Å². The van der Waals surface area contributed by atoms with Crippen LogP contribution in [0.15, 0.2) is 18.2 Å². The van der Waals surface area contributed by atoms with Crippen molar-refractivity contribution in [3.63, 3.8) is 0 Å². The van der Waals surface area contributed by atoms with Crippen molar-refractivity contribution in [3.8, 4) is 11.5 Å². The Kier molecular flexibility index (Phi) is 7.85. The summed E-state index contributed by atoms with van der Waals surface area (Å²) in [5, 5.41) is 4.21. The minimum atomic E-state index is 0.241. The van der Waals surface area contributed by atoms with Crippen LogP contribution >= 0.6 is 11.8 Å². The highest BCUT2D eigenvalue weighted by Gasteiger charge is 2.20. The molecule has 0 radical (unpaired) electrons. The predicted octanol–water partition coefficient (Wildman–Crippen LogP) is 3.89. The van der Waals surface area contributed by atoms with E-state index in [9.17, 15) is 0 Å². The summed E-state index contributed by atoms with van der Waals surface area (Å²) in [7, 11) is 3.42. The molecule has 2 unspecified atom stereocenters. The highest BCUT2D eigenvalue weighted by molar-refractivity contribution is 7.99. The van der Waals surface area contributed by atoms with E-state index in [1.807, 2.05) is 30.0 Å². The maximum absolute atomic E-state index is 5.52. The fourth-order valence-electron chi connectivity index (χ4n) is 2.09. The van der Waals surface area contributed by atoms with E-state index in [1.165, 1.54) is 6.42 Å². The van der Waals surface area contributed by atoms with Crippen LogP contribution in [0, 0.1) is 0 Å². The molecular formula is C16H27NO2S. The van der Waals surface area contributed by atoms with Gasteiger partial charge in [0.15, 0.2) is 0 Å². The van der Waals surface area contributed by atoms with Gasteiger partial charge in [0.1, 0.15) is 11.5 Å². The van der Waals surface area contributed by atoms with E-state index in [4.69, 9.17) is 9.47 Å². The molecule has 0 fully saturated rings. The van der Waals surface area contributed by atoms with E-state index >= 15 is 0 Å². The minimum absolute atomic E-state index is 0.241. The molecule has 0 aliphatic rings. The van der Waals surface area contributed by atoms with E-state index in [2.05, 4.69) is 26.1 Å². The van der Waals surface area contributed by atoms with Crippen molar-refractivity contribution in [1.29, 1.82) is 0 Å². The molecule has 4 heteroatoms. The SMILES string of the molecule is CCNC(CSC(C)CC)c1c(OC)cccc1OC. The van der Waals surface area contributed by atoms with Gasteiger partial charge in [-0.2, -0.15) is 11.8 Å². The topological polar surface area (TPSA) is 30.5 Å². The largest absolute Gasteiger partial charge is 0.496 e. The van der Waals surface area contributed by atoms with Gasteiger partial charge in [0.2, 0.25) is 0 Å². The van der Waals surface area contributed by atoms with Gasteiger partial charge in [-0.25, -0.2) is 0 Å². The molecular weight excluding hydrogens is 270 g/mol. The molecule has 3 nitrogen and oxygen atoms in total. The summed E-state index contributed by atoms with van der Waals surface area (Å²) in [4.78, 5) is 0. The second-order valence-corrected chi connectivity index (χ2v) is 6.21.